The van der Waals surface area contributed by atoms with Crippen LogP contribution < -0.4 is 14.3 Å². The van der Waals surface area contributed by atoms with E-state index in [1.807, 2.05) is 0 Å². The first kappa shape index (κ1) is 19.9. The normalized spacial score (nSPS) is 17.6. The molecule has 0 atom stereocenters. The van der Waals surface area contributed by atoms with Crippen molar-refractivity contribution in [2.45, 2.75) is 19.5 Å². The van der Waals surface area contributed by atoms with Crippen molar-refractivity contribution in [3.63, 3.8) is 0 Å². The van der Waals surface area contributed by atoms with Crippen LogP contribution in [-0.2, 0) is 41.6 Å². The molecule has 0 bridgehead atoms. The third-order valence-electron chi connectivity index (χ3n) is 5.11. The Balaban J connectivity index is 1.58. The molecule has 1 aromatic heterocycles. The van der Waals surface area contributed by atoms with Crippen molar-refractivity contribution < 1.29 is 27.5 Å². The van der Waals surface area contributed by atoms with E-state index in [4.69, 9.17) is 0 Å². The number of anilines is 1. The van der Waals surface area contributed by atoms with E-state index in [-0.39, 0.29) is 25.1 Å². The molecule has 13 heteroatoms. The predicted molar refractivity (Wildman–Crippen MR) is 102 cm³/mol. The molecule has 0 spiro atoms. The first-order valence-electron chi connectivity index (χ1n) is 9.03. The molecule has 0 unspecified atom stereocenters. The third kappa shape index (κ3) is 3.40. The highest BCUT2D eigenvalue weighted by atomic mass is 32.2. The van der Waals surface area contributed by atoms with Crippen LogP contribution in [0.4, 0.5) is 14.9 Å². The molecule has 2 aromatic rings. The fraction of sp³-hybridized carbons (Fsp3) is 0.353. The second-order valence-corrected chi connectivity index (χ2v) is 8.60. The van der Waals surface area contributed by atoms with Crippen molar-refractivity contribution >= 4 is 27.8 Å². The molecule has 11 nitrogen and oxygen atoms in total. The zero-order chi connectivity index (χ0) is 21.6. The van der Waals surface area contributed by atoms with Gasteiger partial charge in [0, 0.05) is 25.4 Å². The maximum Gasteiger partial charge on any atom is 0.326 e. The maximum atomic E-state index is 15.3. The Labute approximate surface area is 171 Å². The zero-order valence-corrected chi connectivity index (χ0v) is 16.7. The molecule has 1 fully saturated rings. The molecule has 0 radical (unpaired) electrons. The van der Waals surface area contributed by atoms with Gasteiger partial charge in [-0.2, -0.15) is 13.5 Å². The number of aryl methyl sites for hydroxylation is 1. The lowest BCUT2D eigenvalue weighted by Gasteiger charge is -2.30. The molecule has 30 heavy (non-hydrogen) atoms. The van der Waals surface area contributed by atoms with Crippen LogP contribution in [0, 0.1) is 5.82 Å². The Morgan fingerprint density at radius 3 is 2.80 bits per heavy atom. The number of rotatable bonds is 3. The minimum Gasteiger partial charge on any atom is -0.506 e. The number of urea groups is 1. The van der Waals surface area contributed by atoms with Gasteiger partial charge in [-0.25, -0.2) is 18.2 Å². The summed E-state index contributed by atoms with van der Waals surface area (Å²) in [6.45, 7) is -0.215. The van der Waals surface area contributed by atoms with Crippen LogP contribution in [0.25, 0.3) is 0 Å². The third-order valence-corrected chi connectivity index (χ3v) is 6.49. The van der Waals surface area contributed by atoms with Crippen molar-refractivity contribution in [3.05, 3.63) is 41.0 Å². The lowest BCUT2D eigenvalue weighted by molar-refractivity contribution is -0.117. The fourth-order valence-corrected chi connectivity index (χ4v) is 4.71. The van der Waals surface area contributed by atoms with Gasteiger partial charge in [0.1, 0.15) is 18.0 Å². The lowest BCUT2D eigenvalue weighted by Crippen LogP contribution is -2.43. The molecule has 160 valence electrons. The second-order valence-electron chi connectivity index (χ2n) is 7.01. The van der Waals surface area contributed by atoms with Crippen molar-refractivity contribution in [2.75, 3.05) is 17.4 Å². The van der Waals surface area contributed by atoms with Gasteiger partial charge < -0.3 is 15.3 Å². The number of aromatic nitrogens is 2. The molecule has 1 saturated heterocycles. The number of fused-ring (bicyclic) bond motifs is 1. The van der Waals surface area contributed by atoms with Crippen LogP contribution in [0.2, 0.25) is 0 Å². The largest absolute Gasteiger partial charge is 0.506 e. The molecule has 0 aliphatic carbocycles. The molecular formula is C17H19FN6O5S. The fourth-order valence-electron chi connectivity index (χ4n) is 3.55. The minimum atomic E-state index is -4.30. The highest BCUT2D eigenvalue weighted by molar-refractivity contribution is 7.92. The Kier molecular flexibility index (Phi) is 4.76. The number of benzene rings is 1. The van der Waals surface area contributed by atoms with Gasteiger partial charge in [0.2, 0.25) is 0 Å². The first-order chi connectivity index (χ1) is 14.2. The van der Waals surface area contributed by atoms with Crippen molar-refractivity contribution in [2.24, 2.45) is 7.05 Å². The second kappa shape index (κ2) is 7.16. The maximum absolute atomic E-state index is 15.3. The van der Waals surface area contributed by atoms with E-state index in [1.165, 1.54) is 11.0 Å². The predicted octanol–water partition coefficient (Wildman–Crippen LogP) is -0.286. The number of carbonyl (C=O) groups excluding carboxylic acids is 2. The summed E-state index contributed by atoms with van der Waals surface area (Å²) < 4.78 is 43.3. The molecule has 2 aliphatic heterocycles. The summed E-state index contributed by atoms with van der Waals surface area (Å²) in [5.41, 5.74) is 0.749. The number of hydrogen-bond acceptors (Lipinski definition) is 6. The van der Waals surface area contributed by atoms with Gasteiger partial charge in [0.15, 0.2) is 5.82 Å². The molecule has 3 amide bonds. The number of aromatic hydroxyl groups is 1. The smallest absolute Gasteiger partial charge is 0.326 e. The molecule has 0 saturated carbocycles. The zero-order valence-electron chi connectivity index (χ0n) is 15.9. The van der Waals surface area contributed by atoms with Crippen LogP contribution in [0.1, 0.15) is 16.8 Å². The lowest BCUT2D eigenvalue weighted by atomic mass is 9.97. The van der Waals surface area contributed by atoms with Gasteiger partial charge >= 0.3 is 16.2 Å². The van der Waals surface area contributed by atoms with Gasteiger partial charge in [0.25, 0.3) is 5.91 Å². The van der Waals surface area contributed by atoms with E-state index in [0.717, 1.165) is 5.69 Å². The highest BCUT2D eigenvalue weighted by Gasteiger charge is 2.39. The van der Waals surface area contributed by atoms with Crippen LogP contribution in [0.15, 0.2) is 18.3 Å². The number of hydrogen-bond donors (Lipinski definition) is 3. The topological polar surface area (TPSA) is 137 Å². The minimum absolute atomic E-state index is 0.0966. The summed E-state index contributed by atoms with van der Waals surface area (Å²) in [6.07, 6.45) is 1.89. The molecule has 2 aliphatic rings. The quantitative estimate of drug-likeness (QED) is 0.603. The van der Waals surface area contributed by atoms with Crippen molar-refractivity contribution in [1.29, 1.82) is 0 Å². The van der Waals surface area contributed by atoms with Gasteiger partial charge in [-0.3, -0.25) is 9.48 Å². The Bertz CT molecular complexity index is 1150. The molecular weight excluding hydrogens is 419 g/mol. The van der Waals surface area contributed by atoms with Crippen LogP contribution in [0.5, 0.6) is 5.75 Å². The van der Waals surface area contributed by atoms with Gasteiger partial charge in [-0.05, 0) is 24.1 Å². The van der Waals surface area contributed by atoms with E-state index in [9.17, 15) is 23.1 Å². The number of amides is 3. The number of nitrogens with one attached hydrogen (secondary N) is 2. The summed E-state index contributed by atoms with van der Waals surface area (Å²) in [5.74, 6) is -2.39. The molecule has 1 aromatic carbocycles. The SMILES string of the molecule is Cn1nccc1CNC(=O)N1CCc2cc(O)c(N3CC(=O)NS3(=O)=O)c(F)c2C1. The number of nitrogens with zero attached hydrogens (tertiary/aromatic N) is 4. The van der Waals surface area contributed by atoms with Gasteiger partial charge in [-0.15, -0.1) is 0 Å². The Hall–Kier alpha value is -3.35. The summed E-state index contributed by atoms with van der Waals surface area (Å²) in [5, 5.41) is 17.0. The van der Waals surface area contributed by atoms with E-state index >= 15 is 4.39 Å². The highest BCUT2D eigenvalue weighted by Crippen LogP contribution is 2.38. The number of phenols is 1. The molecule has 3 N–H and O–H groups in total. The first-order valence-corrected chi connectivity index (χ1v) is 10.5. The van der Waals surface area contributed by atoms with E-state index in [1.54, 1.807) is 28.7 Å². The summed E-state index contributed by atoms with van der Waals surface area (Å²) in [4.78, 5) is 25.4. The average molecular weight is 438 g/mol. The van der Waals surface area contributed by atoms with Crippen LogP contribution >= 0.6 is 0 Å². The standard InChI is InChI=1S/C17H19FN6O5S/c1-22-11(2-4-20-22)7-19-17(27)23-5-3-10-6-13(25)16(15(18)12(10)8-23)24-9-14(26)21-30(24,28)29/h2,4,6,25H,3,5,7-9H2,1H3,(H,19,27)(H,21,26). The molecule has 4 rings (SSSR count). The average Bonchev–Trinajstić information content (AvgIpc) is 3.20. The number of halogens is 1. The van der Waals surface area contributed by atoms with Crippen molar-refractivity contribution in [1.82, 2.24) is 24.7 Å². The van der Waals surface area contributed by atoms with E-state index < -0.39 is 45.9 Å². The Morgan fingerprint density at radius 1 is 1.40 bits per heavy atom. The number of phenolic OH excluding ortho intramolecular Hbond substituents is 1. The summed E-state index contributed by atoms with van der Waals surface area (Å²) in [7, 11) is -2.55. The van der Waals surface area contributed by atoms with Crippen LogP contribution in [0.3, 0.4) is 0 Å². The van der Waals surface area contributed by atoms with Crippen LogP contribution in [-0.4, -0.2) is 53.2 Å². The van der Waals surface area contributed by atoms with Gasteiger partial charge in [0.05, 0.1) is 18.8 Å². The Morgan fingerprint density at radius 2 is 2.17 bits per heavy atom. The van der Waals surface area contributed by atoms with Gasteiger partial charge in [-0.1, -0.05) is 0 Å². The monoisotopic (exact) mass is 438 g/mol. The van der Waals surface area contributed by atoms with E-state index in [0.29, 0.717) is 16.4 Å². The summed E-state index contributed by atoms with van der Waals surface area (Å²) >= 11 is 0. The molecule has 3 heterocycles. The number of carbonyl (C=O) groups is 2. The summed E-state index contributed by atoms with van der Waals surface area (Å²) in [6, 6.07) is 2.62. The van der Waals surface area contributed by atoms with Crippen molar-refractivity contribution in [3.8, 4) is 5.75 Å². The van der Waals surface area contributed by atoms with E-state index in [2.05, 4.69) is 10.4 Å².